The second-order valence-corrected chi connectivity index (χ2v) is 4.54. The Labute approximate surface area is 97.2 Å². The average molecular weight is 214 g/mol. The molecule has 1 aliphatic rings. The van der Waals surface area contributed by atoms with Gasteiger partial charge < -0.3 is 0 Å². The van der Waals surface area contributed by atoms with E-state index >= 15 is 0 Å². The van der Waals surface area contributed by atoms with E-state index in [1.54, 1.807) is 6.92 Å². The third-order valence-electron chi connectivity index (χ3n) is 3.25. The standard InChI is InChI=1S/C15H18O/c1-12(16)11-14-9-5-6-10-15(14)13-7-3-2-4-8-13/h2-4,7-8,11,15H,5-6,9-10H2,1H3. The summed E-state index contributed by atoms with van der Waals surface area (Å²) >= 11 is 0. The maximum atomic E-state index is 11.2. The molecule has 1 aliphatic carbocycles. The molecule has 0 radical (unpaired) electrons. The lowest BCUT2D eigenvalue weighted by atomic mass is 9.79. The van der Waals surface area contributed by atoms with E-state index in [1.807, 2.05) is 12.1 Å². The minimum Gasteiger partial charge on any atom is -0.295 e. The largest absolute Gasteiger partial charge is 0.295 e. The van der Waals surface area contributed by atoms with Gasteiger partial charge in [-0.1, -0.05) is 42.3 Å². The third-order valence-corrected chi connectivity index (χ3v) is 3.25. The zero-order valence-corrected chi connectivity index (χ0v) is 9.78. The monoisotopic (exact) mass is 214 g/mol. The van der Waals surface area contributed by atoms with Crippen LogP contribution >= 0.6 is 0 Å². The summed E-state index contributed by atoms with van der Waals surface area (Å²) < 4.78 is 0. The van der Waals surface area contributed by atoms with Crippen molar-refractivity contribution in [1.82, 2.24) is 0 Å². The number of carbonyl (C=O) groups is 1. The van der Waals surface area contributed by atoms with Gasteiger partial charge >= 0.3 is 0 Å². The van der Waals surface area contributed by atoms with Crippen LogP contribution in [0.4, 0.5) is 0 Å². The minimum atomic E-state index is 0.179. The molecule has 2 rings (SSSR count). The lowest BCUT2D eigenvalue weighted by Gasteiger charge is -2.25. The molecule has 0 saturated heterocycles. The quantitative estimate of drug-likeness (QED) is 0.683. The first-order chi connectivity index (χ1) is 7.77. The highest BCUT2D eigenvalue weighted by molar-refractivity contribution is 5.88. The van der Waals surface area contributed by atoms with E-state index in [-0.39, 0.29) is 5.78 Å². The zero-order chi connectivity index (χ0) is 11.4. The molecule has 0 bridgehead atoms. The summed E-state index contributed by atoms with van der Waals surface area (Å²) in [6.07, 6.45) is 6.61. The average Bonchev–Trinajstić information content (AvgIpc) is 2.30. The van der Waals surface area contributed by atoms with Crippen molar-refractivity contribution in [1.29, 1.82) is 0 Å². The Kier molecular flexibility index (Phi) is 3.55. The van der Waals surface area contributed by atoms with Crippen molar-refractivity contribution in [3.8, 4) is 0 Å². The highest BCUT2D eigenvalue weighted by Crippen LogP contribution is 2.37. The summed E-state index contributed by atoms with van der Waals surface area (Å²) in [7, 11) is 0. The number of allylic oxidation sites excluding steroid dienone is 2. The molecule has 0 N–H and O–H groups in total. The van der Waals surface area contributed by atoms with Crippen LogP contribution in [-0.4, -0.2) is 5.78 Å². The number of rotatable bonds is 2. The van der Waals surface area contributed by atoms with E-state index in [0.29, 0.717) is 5.92 Å². The minimum absolute atomic E-state index is 0.179. The van der Waals surface area contributed by atoms with Gasteiger partial charge in [-0.15, -0.1) is 0 Å². The molecule has 84 valence electrons. The first kappa shape index (κ1) is 11.1. The van der Waals surface area contributed by atoms with Crippen molar-refractivity contribution >= 4 is 5.78 Å². The summed E-state index contributed by atoms with van der Waals surface area (Å²) in [4.78, 5) is 11.2. The van der Waals surface area contributed by atoms with Crippen molar-refractivity contribution < 1.29 is 4.79 Å². The molecule has 1 aromatic rings. The smallest absolute Gasteiger partial charge is 0.152 e. The molecule has 0 spiro atoms. The molecule has 1 nitrogen and oxygen atoms in total. The Bertz CT molecular complexity index is 389. The number of carbonyl (C=O) groups excluding carboxylic acids is 1. The molecule has 1 heteroatoms. The van der Waals surface area contributed by atoms with Crippen LogP contribution in [0.3, 0.4) is 0 Å². The van der Waals surface area contributed by atoms with Crippen molar-refractivity contribution in [2.75, 3.05) is 0 Å². The molecular formula is C15H18O. The van der Waals surface area contributed by atoms with Crippen LogP contribution in [0.2, 0.25) is 0 Å². The SMILES string of the molecule is CC(=O)C=C1CCCCC1c1ccccc1. The molecule has 1 fully saturated rings. The van der Waals surface area contributed by atoms with E-state index < -0.39 is 0 Å². The molecule has 0 amide bonds. The second kappa shape index (κ2) is 5.11. The van der Waals surface area contributed by atoms with E-state index in [0.717, 1.165) is 6.42 Å². The lowest BCUT2D eigenvalue weighted by molar-refractivity contribution is -0.112. The fourth-order valence-electron chi connectivity index (χ4n) is 2.54. The van der Waals surface area contributed by atoms with Gasteiger partial charge in [0.15, 0.2) is 5.78 Å². The molecule has 0 aliphatic heterocycles. The fraction of sp³-hybridized carbons (Fsp3) is 0.400. The van der Waals surface area contributed by atoms with Crippen LogP contribution in [0.5, 0.6) is 0 Å². The normalized spacial score (nSPS) is 23.3. The van der Waals surface area contributed by atoms with Gasteiger partial charge in [-0.3, -0.25) is 4.79 Å². The van der Waals surface area contributed by atoms with Crippen molar-refractivity contribution in [3.05, 3.63) is 47.5 Å². The Balaban J connectivity index is 2.27. The molecule has 1 atom stereocenters. The summed E-state index contributed by atoms with van der Waals surface area (Å²) in [6, 6.07) is 10.5. The van der Waals surface area contributed by atoms with E-state index in [9.17, 15) is 4.79 Å². The summed E-state index contributed by atoms with van der Waals surface area (Å²) in [5.41, 5.74) is 2.68. The second-order valence-electron chi connectivity index (χ2n) is 4.54. The topological polar surface area (TPSA) is 17.1 Å². The highest BCUT2D eigenvalue weighted by atomic mass is 16.1. The molecule has 1 saturated carbocycles. The molecule has 0 aromatic heterocycles. The van der Waals surface area contributed by atoms with Crippen LogP contribution in [0, 0.1) is 0 Å². The fourth-order valence-corrected chi connectivity index (χ4v) is 2.54. The summed E-state index contributed by atoms with van der Waals surface area (Å²) in [5.74, 6) is 0.650. The first-order valence-corrected chi connectivity index (χ1v) is 6.03. The van der Waals surface area contributed by atoms with Crippen LogP contribution < -0.4 is 0 Å². The number of hydrogen-bond acceptors (Lipinski definition) is 1. The van der Waals surface area contributed by atoms with Gasteiger partial charge in [0.2, 0.25) is 0 Å². The molecule has 16 heavy (non-hydrogen) atoms. The van der Waals surface area contributed by atoms with Gasteiger partial charge in [0.25, 0.3) is 0 Å². The van der Waals surface area contributed by atoms with Gasteiger partial charge in [0, 0.05) is 5.92 Å². The summed E-state index contributed by atoms with van der Waals surface area (Å²) in [6.45, 7) is 1.64. The van der Waals surface area contributed by atoms with Gasteiger partial charge in [0.05, 0.1) is 0 Å². The van der Waals surface area contributed by atoms with Crippen LogP contribution in [0.25, 0.3) is 0 Å². The van der Waals surface area contributed by atoms with Gasteiger partial charge in [-0.25, -0.2) is 0 Å². The highest BCUT2D eigenvalue weighted by Gasteiger charge is 2.20. The number of hydrogen-bond donors (Lipinski definition) is 0. The van der Waals surface area contributed by atoms with E-state index in [4.69, 9.17) is 0 Å². The lowest BCUT2D eigenvalue weighted by Crippen LogP contribution is -2.09. The number of benzene rings is 1. The Morgan fingerprint density at radius 2 is 2.00 bits per heavy atom. The Morgan fingerprint density at radius 3 is 2.69 bits per heavy atom. The van der Waals surface area contributed by atoms with Crippen molar-refractivity contribution in [2.45, 2.75) is 38.5 Å². The van der Waals surface area contributed by atoms with Crippen LogP contribution in [0.15, 0.2) is 42.0 Å². The zero-order valence-electron chi connectivity index (χ0n) is 9.78. The van der Waals surface area contributed by atoms with Crippen molar-refractivity contribution in [2.24, 2.45) is 0 Å². The number of ketones is 1. The third kappa shape index (κ3) is 2.60. The van der Waals surface area contributed by atoms with Gasteiger partial charge in [-0.05, 0) is 37.8 Å². The maximum Gasteiger partial charge on any atom is 0.152 e. The Hall–Kier alpha value is -1.37. The summed E-state index contributed by atoms with van der Waals surface area (Å²) in [5, 5.41) is 0. The van der Waals surface area contributed by atoms with Crippen molar-refractivity contribution in [3.63, 3.8) is 0 Å². The van der Waals surface area contributed by atoms with E-state index in [2.05, 4.69) is 24.3 Å². The molecule has 0 heterocycles. The van der Waals surface area contributed by atoms with E-state index in [1.165, 1.54) is 30.4 Å². The maximum absolute atomic E-state index is 11.2. The predicted octanol–water partition coefficient (Wildman–Crippen LogP) is 3.86. The molecule has 1 aromatic carbocycles. The molecule has 1 unspecified atom stereocenters. The van der Waals surface area contributed by atoms with Gasteiger partial charge in [0.1, 0.15) is 0 Å². The molecular weight excluding hydrogens is 196 g/mol. The first-order valence-electron chi connectivity index (χ1n) is 6.03. The predicted molar refractivity (Wildman–Crippen MR) is 66.4 cm³/mol. The Morgan fingerprint density at radius 1 is 1.25 bits per heavy atom. The van der Waals surface area contributed by atoms with Crippen LogP contribution in [0.1, 0.15) is 44.1 Å². The van der Waals surface area contributed by atoms with Gasteiger partial charge in [-0.2, -0.15) is 0 Å². The van der Waals surface area contributed by atoms with Crippen LogP contribution in [-0.2, 0) is 4.79 Å².